The number of carbonyl (C=O) groups excluding carboxylic acids is 1. The summed E-state index contributed by atoms with van der Waals surface area (Å²) >= 11 is 0. The number of fused-ring (bicyclic) bond motifs is 1. The zero-order chi connectivity index (χ0) is 12.9. The fourth-order valence-corrected chi connectivity index (χ4v) is 2.20. The highest BCUT2D eigenvalue weighted by atomic mass is 16.6. The van der Waals surface area contributed by atoms with Crippen LogP contribution in [0.4, 0.5) is 5.82 Å². The van der Waals surface area contributed by atoms with Crippen LogP contribution in [-0.4, -0.2) is 15.8 Å². The maximum Gasteiger partial charge on any atom is 0.268 e. The standard InChI is InChI=1S/C12H13N3O3/c1-12(2)3-6(16)8-7(4-12)17-11-9(18-8)10(13)14-5-15-11/h5H,3-4H2,1-2H3,(H2,13,14,15). The summed E-state index contributed by atoms with van der Waals surface area (Å²) in [6, 6.07) is 0. The molecule has 94 valence electrons. The first-order valence-electron chi connectivity index (χ1n) is 5.69. The normalized spacial score (nSPS) is 20.7. The van der Waals surface area contributed by atoms with Crippen molar-refractivity contribution in [3.8, 4) is 11.6 Å². The Kier molecular flexibility index (Phi) is 2.10. The van der Waals surface area contributed by atoms with E-state index < -0.39 is 0 Å². The van der Waals surface area contributed by atoms with E-state index in [4.69, 9.17) is 15.2 Å². The molecule has 1 aliphatic heterocycles. The van der Waals surface area contributed by atoms with Gasteiger partial charge in [-0.2, -0.15) is 4.98 Å². The molecule has 2 heterocycles. The van der Waals surface area contributed by atoms with Crippen molar-refractivity contribution in [2.24, 2.45) is 5.41 Å². The fourth-order valence-electron chi connectivity index (χ4n) is 2.20. The van der Waals surface area contributed by atoms with E-state index in [0.29, 0.717) is 18.6 Å². The van der Waals surface area contributed by atoms with Crippen molar-refractivity contribution in [1.82, 2.24) is 9.97 Å². The summed E-state index contributed by atoms with van der Waals surface area (Å²) < 4.78 is 11.2. The summed E-state index contributed by atoms with van der Waals surface area (Å²) in [5.41, 5.74) is 5.54. The monoisotopic (exact) mass is 247 g/mol. The van der Waals surface area contributed by atoms with Gasteiger partial charge in [0.05, 0.1) is 0 Å². The largest absolute Gasteiger partial charge is 0.440 e. The van der Waals surface area contributed by atoms with Crippen LogP contribution in [0.1, 0.15) is 26.7 Å². The van der Waals surface area contributed by atoms with Gasteiger partial charge in [-0.3, -0.25) is 4.79 Å². The molecule has 1 aromatic heterocycles. The maximum atomic E-state index is 12.0. The second-order valence-electron chi connectivity index (χ2n) is 5.29. The second-order valence-corrected chi connectivity index (χ2v) is 5.29. The molecule has 0 bridgehead atoms. The van der Waals surface area contributed by atoms with Crippen LogP contribution < -0.4 is 15.2 Å². The first-order valence-corrected chi connectivity index (χ1v) is 5.69. The number of aromatic nitrogens is 2. The molecule has 18 heavy (non-hydrogen) atoms. The molecule has 0 amide bonds. The van der Waals surface area contributed by atoms with Crippen LogP contribution >= 0.6 is 0 Å². The third kappa shape index (κ3) is 1.61. The zero-order valence-electron chi connectivity index (χ0n) is 10.2. The van der Waals surface area contributed by atoms with Gasteiger partial charge in [0.1, 0.15) is 6.33 Å². The third-order valence-corrected chi connectivity index (χ3v) is 3.01. The highest BCUT2D eigenvalue weighted by Gasteiger charge is 2.39. The number of nitrogen functional groups attached to an aromatic ring is 1. The van der Waals surface area contributed by atoms with E-state index in [2.05, 4.69) is 9.97 Å². The van der Waals surface area contributed by atoms with Crippen LogP contribution in [0.25, 0.3) is 0 Å². The average Bonchev–Trinajstić information content (AvgIpc) is 2.26. The van der Waals surface area contributed by atoms with Crippen LogP contribution in [0.15, 0.2) is 17.8 Å². The molecule has 0 unspecified atom stereocenters. The van der Waals surface area contributed by atoms with Crippen LogP contribution in [0.3, 0.4) is 0 Å². The number of nitrogens with zero attached hydrogens (tertiary/aromatic N) is 2. The number of allylic oxidation sites excluding steroid dienone is 2. The van der Waals surface area contributed by atoms with Crippen molar-refractivity contribution in [3.63, 3.8) is 0 Å². The van der Waals surface area contributed by atoms with E-state index in [-0.39, 0.29) is 34.4 Å². The Labute approximate surface area is 104 Å². The first kappa shape index (κ1) is 11.0. The van der Waals surface area contributed by atoms with Gasteiger partial charge in [0, 0.05) is 12.8 Å². The minimum absolute atomic E-state index is 0.0739. The van der Waals surface area contributed by atoms with Gasteiger partial charge in [0.25, 0.3) is 5.88 Å². The van der Waals surface area contributed by atoms with E-state index in [0.717, 1.165) is 0 Å². The van der Waals surface area contributed by atoms with Gasteiger partial charge < -0.3 is 15.2 Å². The van der Waals surface area contributed by atoms with Crippen LogP contribution in [0.2, 0.25) is 0 Å². The van der Waals surface area contributed by atoms with E-state index in [1.165, 1.54) is 6.33 Å². The van der Waals surface area contributed by atoms with E-state index in [9.17, 15) is 4.79 Å². The number of hydrogen-bond acceptors (Lipinski definition) is 6. The first-order chi connectivity index (χ1) is 8.46. The Balaban J connectivity index is 2.05. The molecule has 0 atom stereocenters. The Bertz CT molecular complexity index is 578. The number of ether oxygens (including phenoxy) is 2. The summed E-state index contributed by atoms with van der Waals surface area (Å²) in [4.78, 5) is 19.8. The molecule has 0 fully saturated rings. The molecule has 1 aliphatic carbocycles. The lowest BCUT2D eigenvalue weighted by molar-refractivity contribution is -0.121. The quantitative estimate of drug-likeness (QED) is 0.746. The number of anilines is 1. The number of nitrogens with two attached hydrogens (primary N) is 1. The molecule has 0 spiro atoms. The topological polar surface area (TPSA) is 87.3 Å². The number of ketones is 1. The van der Waals surface area contributed by atoms with Crippen molar-refractivity contribution in [3.05, 3.63) is 17.8 Å². The molecule has 0 radical (unpaired) electrons. The Morgan fingerprint density at radius 2 is 2.06 bits per heavy atom. The minimum Gasteiger partial charge on any atom is -0.440 e. The lowest BCUT2D eigenvalue weighted by atomic mass is 9.78. The van der Waals surface area contributed by atoms with Gasteiger partial charge in [-0.15, -0.1) is 0 Å². The molecule has 6 nitrogen and oxygen atoms in total. The van der Waals surface area contributed by atoms with E-state index in [1.54, 1.807) is 0 Å². The second kappa shape index (κ2) is 3.44. The predicted molar refractivity (Wildman–Crippen MR) is 62.7 cm³/mol. The summed E-state index contributed by atoms with van der Waals surface area (Å²) in [7, 11) is 0. The number of carbonyl (C=O) groups is 1. The molecule has 3 rings (SSSR count). The molecule has 0 saturated heterocycles. The molecular weight excluding hydrogens is 234 g/mol. The van der Waals surface area contributed by atoms with Gasteiger partial charge >= 0.3 is 0 Å². The summed E-state index contributed by atoms with van der Waals surface area (Å²) in [6.45, 7) is 4.03. The average molecular weight is 247 g/mol. The van der Waals surface area contributed by atoms with Gasteiger partial charge in [-0.25, -0.2) is 4.98 Å². The Hall–Kier alpha value is -2.11. The van der Waals surface area contributed by atoms with Gasteiger partial charge in [0.2, 0.25) is 17.3 Å². The zero-order valence-corrected chi connectivity index (χ0v) is 10.2. The smallest absolute Gasteiger partial charge is 0.268 e. The molecule has 0 aromatic carbocycles. The van der Waals surface area contributed by atoms with Crippen molar-refractivity contribution >= 4 is 11.6 Å². The molecule has 2 N–H and O–H groups in total. The highest BCUT2D eigenvalue weighted by Crippen LogP contribution is 2.44. The Morgan fingerprint density at radius 1 is 1.28 bits per heavy atom. The van der Waals surface area contributed by atoms with Crippen molar-refractivity contribution in [1.29, 1.82) is 0 Å². The molecule has 6 heteroatoms. The predicted octanol–water partition coefficient (Wildman–Crippen LogP) is 1.43. The van der Waals surface area contributed by atoms with Gasteiger partial charge in [-0.1, -0.05) is 13.8 Å². The molecular formula is C12H13N3O3. The summed E-state index contributed by atoms with van der Waals surface area (Å²) in [5.74, 6) is 1.36. The van der Waals surface area contributed by atoms with Crippen molar-refractivity contribution < 1.29 is 14.3 Å². The van der Waals surface area contributed by atoms with Crippen molar-refractivity contribution in [2.45, 2.75) is 26.7 Å². The maximum absolute atomic E-state index is 12.0. The summed E-state index contributed by atoms with van der Waals surface area (Å²) in [5, 5.41) is 0. The molecule has 2 aliphatic rings. The lowest BCUT2D eigenvalue weighted by Gasteiger charge is -2.33. The summed E-state index contributed by atoms with van der Waals surface area (Å²) in [6.07, 6.45) is 2.37. The van der Waals surface area contributed by atoms with Crippen LogP contribution in [0.5, 0.6) is 11.6 Å². The van der Waals surface area contributed by atoms with Crippen LogP contribution in [0, 0.1) is 5.41 Å². The van der Waals surface area contributed by atoms with Gasteiger partial charge in [0.15, 0.2) is 11.6 Å². The third-order valence-electron chi connectivity index (χ3n) is 3.01. The van der Waals surface area contributed by atoms with Crippen molar-refractivity contribution in [2.75, 3.05) is 5.73 Å². The van der Waals surface area contributed by atoms with Gasteiger partial charge in [-0.05, 0) is 5.41 Å². The van der Waals surface area contributed by atoms with Crippen LogP contribution in [-0.2, 0) is 4.79 Å². The number of Topliss-reactive ketones (excluding diaryl/α,β-unsaturated/α-hetero) is 1. The fraction of sp³-hybridized carbons (Fsp3) is 0.417. The number of hydrogen-bond donors (Lipinski definition) is 1. The number of rotatable bonds is 0. The minimum atomic E-state index is -0.130. The van der Waals surface area contributed by atoms with E-state index in [1.807, 2.05) is 13.8 Å². The van der Waals surface area contributed by atoms with E-state index >= 15 is 0 Å². The lowest BCUT2D eigenvalue weighted by Crippen LogP contribution is -2.32. The SMILES string of the molecule is CC1(C)CC(=O)C2=C(C1)Oc1ncnc(N)c1O2. The highest BCUT2D eigenvalue weighted by molar-refractivity contribution is 5.96. The molecule has 1 aromatic rings. The Morgan fingerprint density at radius 3 is 2.83 bits per heavy atom. The molecule has 0 saturated carbocycles.